The summed E-state index contributed by atoms with van der Waals surface area (Å²) in [6, 6.07) is 8.10. The Labute approximate surface area is 83.2 Å². The van der Waals surface area contributed by atoms with E-state index in [9.17, 15) is 0 Å². The molecule has 1 aromatic carbocycles. The third-order valence-corrected chi connectivity index (χ3v) is 2.20. The Morgan fingerprint density at radius 2 is 2.00 bits per heavy atom. The summed E-state index contributed by atoms with van der Waals surface area (Å²) in [5, 5.41) is 8.49. The van der Waals surface area contributed by atoms with E-state index in [1.165, 1.54) is 5.56 Å². The molecule has 2 heteroatoms. The Balaban J connectivity index is 2.69. The molecule has 1 nitrogen and oxygen atoms in total. The molecule has 0 aliphatic heterocycles. The van der Waals surface area contributed by atoms with Gasteiger partial charge in [-0.2, -0.15) is 11.8 Å². The number of thioether (sulfide) groups is 1. The van der Waals surface area contributed by atoms with Gasteiger partial charge in [-0.15, -0.1) is 0 Å². The largest absolute Gasteiger partial charge is 0.384 e. The predicted molar refractivity (Wildman–Crippen MR) is 57.6 cm³/mol. The second kappa shape index (κ2) is 5.69. The quantitative estimate of drug-likeness (QED) is 0.722. The second-order valence-electron chi connectivity index (χ2n) is 2.59. The molecule has 0 aromatic heterocycles. The maximum atomic E-state index is 8.49. The highest BCUT2D eigenvalue weighted by Crippen LogP contribution is 2.09. The third-order valence-electron chi connectivity index (χ3n) is 1.58. The highest BCUT2D eigenvalue weighted by molar-refractivity contribution is 7.97. The lowest BCUT2D eigenvalue weighted by atomic mass is 10.1. The van der Waals surface area contributed by atoms with Crippen molar-refractivity contribution in [2.75, 3.05) is 12.9 Å². The molecule has 13 heavy (non-hydrogen) atoms. The third kappa shape index (κ3) is 3.54. The van der Waals surface area contributed by atoms with E-state index >= 15 is 0 Å². The summed E-state index contributed by atoms with van der Waals surface area (Å²) in [7, 11) is 0. The van der Waals surface area contributed by atoms with Crippen LogP contribution in [0.4, 0.5) is 0 Å². The minimum Gasteiger partial charge on any atom is -0.384 e. The van der Waals surface area contributed by atoms with Gasteiger partial charge < -0.3 is 5.11 Å². The molecular weight excluding hydrogens is 180 g/mol. The van der Waals surface area contributed by atoms with Gasteiger partial charge in [0, 0.05) is 11.3 Å². The van der Waals surface area contributed by atoms with Crippen LogP contribution in [-0.4, -0.2) is 18.0 Å². The molecule has 0 unspecified atom stereocenters. The van der Waals surface area contributed by atoms with Crippen LogP contribution in [-0.2, 0) is 5.75 Å². The lowest BCUT2D eigenvalue weighted by Gasteiger charge is -1.97. The molecule has 1 rings (SSSR count). The summed E-state index contributed by atoms with van der Waals surface area (Å²) in [5.41, 5.74) is 2.26. The first-order valence-electron chi connectivity index (χ1n) is 4.04. The normalized spacial score (nSPS) is 9.08. The van der Waals surface area contributed by atoms with Crippen molar-refractivity contribution in [3.05, 3.63) is 35.4 Å². The summed E-state index contributed by atoms with van der Waals surface area (Å²) < 4.78 is 0. The van der Waals surface area contributed by atoms with Crippen LogP contribution in [0.25, 0.3) is 0 Å². The van der Waals surface area contributed by atoms with Crippen molar-refractivity contribution in [2.45, 2.75) is 5.75 Å². The Bertz CT molecular complexity index is 305. The monoisotopic (exact) mass is 192 g/mol. The van der Waals surface area contributed by atoms with Gasteiger partial charge in [0.15, 0.2) is 0 Å². The molecule has 0 aliphatic rings. The van der Waals surface area contributed by atoms with E-state index in [2.05, 4.69) is 30.2 Å². The zero-order chi connectivity index (χ0) is 9.52. The maximum Gasteiger partial charge on any atom is 0.104 e. The van der Waals surface area contributed by atoms with Gasteiger partial charge in [0.1, 0.15) is 6.61 Å². The van der Waals surface area contributed by atoms with Crippen LogP contribution in [0.2, 0.25) is 0 Å². The maximum absolute atomic E-state index is 8.49. The van der Waals surface area contributed by atoms with Gasteiger partial charge in [-0.25, -0.2) is 0 Å². The zero-order valence-electron chi connectivity index (χ0n) is 7.58. The molecular formula is C11H12OS. The van der Waals surface area contributed by atoms with Crippen molar-refractivity contribution >= 4 is 11.8 Å². The average molecular weight is 192 g/mol. The fourth-order valence-electron chi connectivity index (χ4n) is 0.993. The number of hydrogen-bond donors (Lipinski definition) is 1. The molecule has 0 fully saturated rings. The van der Waals surface area contributed by atoms with Crippen LogP contribution < -0.4 is 0 Å². The van der Waals surface area contributed by atoms with Crippen molar-refractivity contribution < 1.29 is 5.11 Å². The summed E-state index contributed by atoms with van der Waals surface area (Å²) in [6.45, 7) is -0.0768. The van der Waals surface area contributed by atoms with Gasteiger partial charge >= 0.3 is 0 Å². The van der Waals surface area contributed by atoms with Gasteiger partial charge in [0.2, 0.25) is 0 Å². The second-order valence-corrected chi connectivity index (χ2v) is 3.46. The first-order chi connectivity index (χ1) is 6.36. The van der Waals surface area contributed by atoms with Crippen LogP contribution >= 0.6 is 11.8 Å². The molecule has 0 radical (unpaired) electrons. The van der Waals surface area contributed by atoms with Crippen molar-refractivity contribution in [3.63, 3.8) is 0 Å². The fraction of sp³-hybridized carbons (Fsp3) is 0.273. The average Bonchev–Trinajstić information content (AvgIpc) is 2.17. The summed E-state index contributed by atoms with van der Waals surface area (Å²) in [4.78, 5) is 0. The van der Waals surface area contributed by atoms with Crippen LogP contribution in [0.5, 0.6) is 0 Å². The van der Waals surface area contributed by atoms with E-state index in [0.717, 1.165) is 11.3 Å². The van der Waals surface area contributed by atoms with Gasteiger partial charge in [-0.05, 0) is 24.0 Å². The summed E-state index contributed by atoms with van der Waals surface area (Å²) in [5.74, 6) is 6.51. The molecule has 1 N–H and O–H groups in total. The molecule has 0 saturated heterocycles. The van der Waals surface area contributed by atoms with E-state index in [1.807, 2.05) is 12.1 Å². The van der Waals surface area contributed by atoms with Crippen LogP contribution in [0.1, 0.15) is 11.1 Å². The molecule has 0 bridgehead atoms. The number of hydrogen-bond acceptors (Lipinski definition) is 2. The molecule has 68 valence electrons. The van der Waals surface area contributed by atoms with Crippen molar-refractivity contribution in [1.29, 1.82) is 0 Å². The highest BCUT2D eigenvalue weighted by Gasteiger charge is 1.90. The smallest absolute Gasteiger partial charge is 0.104 e. The number of aliphatic hydroxyl groups is 1. The van der Waals surface area contributed by atoms with Crippen LogP contribution in [0.15, 0.2) is 24.3 Å². The van der Waals surface area contributed by atoms with Crippen molar-refractivity contribution in [3.8, 4) is 11.8 Å². The predicted octanol–water partition coefficient (Wildman–Crippen LogP) is 1.89. The van der Waals surface area contributed by atoms with E-state index < -0.39 is 0 Å². The lowest BCUT2D eigenvalue weighted by Crippen LogP contribution is -1.81. The van der Waals surface area contributed by atoms with Gasteiger partial charge in [-0.3, -0.25) is 0 Å². The van der Waals surface area contributed by atoms with E-state index in [1.54, 1.807) is 11.8 Å². The van der Waals surface area contributed by atoms with E-state index in [4.69, 9.17) is 5.11 Å². The summed E-state index contributed by atoms with van der Waals surface area (Å²) >= 11 is 1.80. The fourth-order valence-corrected chi connectivity index (χ4v) is 1.52. The first-order valence-corrected chi connectivity index (χ1v) is 5.44. The number of rotatable bonds is 2. The Morgan fingerprint density at radius 3 is 2.54 bits per heavy atom. The zero-order valence-corrected chi connectivity index (χ0v) is 8.40. The molecule has 0 heterocycles. The van der Waals surface area contributed by atoms with Gasteiger partial charge in [0.05, 0.1) is 0 Å². The first kappa shape index (κ1) is 10.2. The van der Waals surface area contributed by atoms with Crippen LogP contribution in [0.3, 0.4) is 0 Å². The Kier molecular flexibility index (Phi) is 4.45. The Morgan fingerprint density at radius 1 is 1.31 bits per heavy atom. The number of benzene rings is 1. The molecule has 1 aromatic rings. The minimum atomic E-state index is -0.0768. The van der Waals surface area contributed by atoms with Gasteiger partial charge in [-0.1, -0.05) is 24.0 Å². The van der Waals surface area contributed by atoms with Crippen molar-refractivity contribution in [2.24, 2.45) is 0 Å². The Hall–Kier alpha value is -0.910. The standard InChI is InChI=1S/C11H12OS/c1-13-9-11-6-4-10(5-7-11)3-2-8-12/h4-7,12H,8-9H2,1H3. The molecule has 0 spiro atoms. The van der Waals surface area contributed by atoms with Crippen molar-refractivity contribution in [1.82, 2.24) is 0 Å². The molecule has 0 atom stereocenters. The molecule has 0 aliphatic carbocycles. The van der Waals surface area contributed by atoms with E-state index in [-0.39, 0.29) is 6.61 Å². The molecule has 0 saturated carbocycles. The lowest BCUT2D eigenvalue weighted by molar-refractivity contribution is 0.350. The van der Waals surface area contributed by atoms with Gasteiger partial charge in [0.25, 0.3) is 0 Å². The molecule has 0 amide bonds. The topological polar surface area (TPSA) is 20.2 Å². The van der Waals surface area contributed by atoms with Crippen LogP contribution in [0, 0.1) is 11.8 Å². The van der Waals surface area contributed by atoms with E-state index in [0.29, 0.717) is 0 Å². The minimum absolute atomic E-state index is 0.0768. The number of aliphatic hydroxyl groups excluding tert-OH is 1. The SMILES string of the molecule is CSCc1ccc(C#CCO)cc1. The summed E-state index contributed by atoms with van der Waals surface area (Å²) in [6.07, 6.45) is 2.08. The highest BCUT2D eigenvalue weighted by atomic mass is 32.2.